The largest absolute Gasteiger partial charge is 0.490 e. The van der Waals surface area contributed by atoms with Crippen LogP contribution in [0.5, 0.6) is 5.75 Å². The Morgan fingerprint density at radius 2 is 2.06 bits per heavy atom. The van der Waals surface area contributed by atoms with Gasteiger partial charge in [0.05, 0.1) is 28.8 Å². The van der Waals surface area contributed by atoms with Crippen molar-refractivity contribution < 1.29 is 23.4 Å². The van der Waals surface area contributed by atoms with Gasteiger partial charge in [-0.2, -0.15) is 0 Å². The summed E-state index contributed by atoms with van der Waals surface area (Å²) in [7, 11) is 0. The number of fused-ring (bicyclic) bond motifs is 3. The van der Waals surface area contributed by atoms with Crippen LogP contribution >= 0.6 is 0 Å². The first kappa shape index (κ1) is 18.7. The van der Waals surface area contributed by atoms with E-state index >= 15 is 4.39 Å². The van der Waals surface area contributed by atoms with E-state index in [2.05, 4.69) is 19.9 Å². The number of imidazole rings is 1. The van der Waals surface area contributed by atoms with Crippen molar-refractivity contribution in [2.45, 2.75) is 6.04 Å². The average Bonchev–Trinajstić information content (AvgIpc) is 3.21. The van der Waals surface area contributed by atoms with E-state index in [0.717, 1.165) is 0 Å². The molecule has 0 saturated carbocycles. The fourth-order valence-corrected chi connectivity index (χ4v) is 4.55. The molecule has 1 fully saturated rings. The Morgan fingerprint density at radius 3 is 2.91 bits per heavy atom. The number of nitrogens with zero attached hydrogens (tertiary/aromatic N) is 5. The van der Waals surface area contributed by atoms with Crippen LogP contribution in [0.2, 0.25) is 0 Å². The lowest BCUT2D eigenvalue weighted by Gasteiger charge is -2.39. The van der Waals surface area contributed by atoms with E-state index in [9.17, 15) is 14.3 Å². The zero-order valence-electron chi connectivity index (χ0n) is 16.5. The second kappa shape index (κ2) is 6.74. The van der Waals surface area contributed by atoms with Crippen molar-refractivity contribution in [3.05, 3.63) is 42.5 Å². The van der Waals surface area contributed by atoms with E-state index in [1.807, 2.05) is 4.90 Å². The lowest BCUT2D eigenvalue weighted by molar-refractivity contribution is 0.127. The van der Waals surface area contributed by atoms with Crippen LogP contribution in [0.1, 0.15) is 0 Å². The van der Waals surface area contributed by atoms with E-state index in [4.69, 9.17) is 4.74 Å². The molecule has 0 aliphatic carbocycles. The Bertz CT molecular complexity index is 1410. The van der Waals surface area contributed by atoms with Gasteiger partial charge in [0.2, 0.25) is 0 Å². The molecule has 0 bridgehead atoms. The highest BCUT2D eigenvalue weighted by Gasteiger charge is 2.35. The minimum Gasteiger partial charge on any atom is -0.490 e. The molecule has 9 nitrogen and oxygen atoms in total. The lowest BCUT2D eigenvalue weighted by atomic mass is 10.00. The van der Waals surface area contributed by atoms with Crippen molar-refractivity contribution >= 4 is 33.8 Å². The zero-order chi connectivity index (χ0) is 22.0. The van der Waals surface area contributed by atoms with Gasteiger partial charge >= 0.3 is 6.09 Å². The molecule has 0 unspecified atom stereocenters. The first-order chi connectivity index (χ1) is 15.5. The molecule has 32 heavy (non-hydrogen) atoms. The van der Waals surface area contributed by atoms with Crippen molar-refractivity contribution in [3.63, 3.8) is 0 Å². The van der Waals surface area contributed by atoms with Crippen LogP contribution in [0.15, 0.2) is 30.9 Å². The van der Waals surface area contributed by atoms with Gasteiger partial charge in [-0.05, 0) is 18.2 Å². The molecule has 6 rings (SSSR count). The summed E-state index contributed by atoms with van der Waals surface area (Å²) >= 11 is 0. The van der Waals surface area contributed by atoms with Crippen molar-refractivity contribution in [2.75, 3.05) is 31.1 Å². The van der Waals surface area contributed by atoms with Crippen LogP contribution in [-0.2, 0) is 0 Å². The van der Waals surface area contributed by atoms with Crippen LogP contribution < -0.4 is 9.64 Å². The molecule has 2 aromatic carbocycles. The predicted molar refractivity (Wildman–Crippen MR) is 111 cm³/mol. The summed E-state index contributed by atoms with van der Waals surface area (Å²) in [5.41, 5.74) is 0.882. The van der Waals surface area contributed by atoms with Crippen LogP contribution in [-0.4, -0.2) is 68.3 Å². The SMILES string of the molecule is O=C(O)N1CCN2c3ncnc4c(F)c(-c5c(F)ccc6[nH]cnc56)cc(c34)OC[C@@H]2C1. The predicted octanol–water partition coefficient (Wildman–Crippen LogP) is 3.01. The van der Waals surface area contributed by atoms with Crippen LogP contribution in [0.3, 0.4) is 0 Å². The number of H-pyrrole nitrogens is 1. The number of carbonyl (C=O) groups is 1. The molecule has 162 valence electrons. The Labute approximate surface area is 179 Å². The van der Waals surface area contributed by atoms with E-state index in [0.29, 0.717) is 41.1 Å². The average molecular weight is 438 g/mol. The zero-order valence-corrected chi connectivity index (χ0v) is 16.5. The summed E-state index contributed by atoms with van der Waals surface area (Å²) < 4.78 is 36.6. The van der Waals surface area contributed by atoms with Crippen molar-refractivity contribution in [1.82, 2.24) is 24.8 Å². The summed E-state index contributed by atoms with van der Waals surface area (Å²) in [6, 6.07) is 3.94. The van der Waals surface area contributed by atoms with Gasteiger partial charge in [-0.25, -0.2) is 28.5 Å². The number of anilines is 1. The normalized spacial score (nSPS) is 17.9. The highest BCUT2D eigenvalue weighted by atomic mass is 19.1. The third kappa shape index (κ3) is 2.60. The highest BCUT2D eigenvalue weighted by Crippen LogP contribution is 2.43. The topological polar surface area (TPSA) is 107 Å². The monoisotopic (exact) mass is 438 g/mol. The number of aromatic nitrogens is 4. The molecule has 2 N–H and O–H groups in total. The minimum atomic E-state index is -1.00. The van der Waals surface area contributed by atoms with Crippen LogP contribution in [0.25, 0.3) is 33.1 Å². The van der Waals surface area contributed by atoms with Gasteiger partial charge in [0, 0.05) is 30.8 Å². The van der Waals surface area contributed by atoms with E-state index < -0.39 is 17.7 Å². The number of halogens is 2. The first-order valence-electron chi connectivity index (χ1n) is 9.99. The number of rotatable bonds is 1. The lowest BCUT2D eigenvalue weighted by Crippen LogP contribution is -2.56. The van der Waals surface area contributed by atoms with E-state index in [1.165, 1.54) is 35.8 Å². The number of nitrogens with one attached hydrogen (secondary N) is 1. The molecule has 4 heterocycles. The molecular formula is C21H16F2N6O3. The Kier molecular flexibility index (Phi) is 3.94. The van der Waals surface area contributed by atoms with Gasteiger partial charge in [-0.3, -0.25) is 0 Å². The summed E-state index contributed by atoms with van der Waals surface area (Å²) in [6.45, 7) is 1.07. The maximum Gasteiger partial charge on any atom is 0.407 e. The van der Waals surface area contributed by atoms with Gasteiger partial charge in [0.25, 0.3) is 0 Å². The Hall–Kier alpha value is -4.02. The summed E-state index contributed by atoms with van der Waals surface area (Å²) in [5.74, 6) is -0.530. The van der Waals surface area contributed by atoms with Gasteiger partial charge in [0.15, 0.2) is 5.82 Å². The molecular weight excluding hydrogens is 422 g/mol. The van der Waals surface area contributed by atoms with Crippen LogP contribution in [0, 0.1) is 11.6 Å². The fraction of sp³-hybridized carbons (Fsp3) is 0.238. The number of aromatic amines is 1. The smallest absolute Gasteiger partial charge is 0.407 e. The molecule has 2 aromatic heterocycles. The number of benzene rings is 2. The van der Waals surface area contributed by atoms with Gasteiger partial charge in [0.1, 0.15) is 35.8 Å². The number of hydrogen-bond acceptors (Lipinski definition) is 6. The van der Waals surface area contributed by atoms with Gasteiger partial charge in [-0.15, -0.1) is 0 Å². The van der Waals surface area contributed by atoms with Gasteiger partial charge < -0.3 is 24.6 Å². The molecule has 1 amide bonds. The van der Waals surface area contributed by atoms with Crippen molar-refractivity contribution in [3.8, 4) is 16.9 Å². The summed E-state index contributed by atoms with van der Waals surface area (Å²) in [4.78, 5) is 30.2. The number of carboxylic acid groups (broad SMARTS) is 1. The maximum atomic E-state index is 15.8. The number of amides is 1. The quantitative estimate of drug-likeness (QED) is 0.470. The number of hydrogen-bond donors (Lipinski definition) is 2. The Morgan fingerprint density at radius 1 is 1.19 bits per heavy atom. The maximum absolute atomic E-state index is 15.8. The molecule has 0 radical (unpaired) electrons. The molecule has 1 atom stereocenters. The van der Waals surface area contributed by atoms with E-state index in [-0.39, 0.29) is 35.8 Å². The fourth-order valence-electron chi connectivity index (χ4n) is 4.55. The molecule has 0 spiro atoms. The molecule has 11 heteroatoms. The second-order valence-corrected chi connectivity index (χ2v) is 7.77. The summed E-state index contributed by atoms with van der Waals surface area (Å²) in [5, 5.41) is 9.75. The third-order valence-corrected chi connectivity index (χ3v) is 6.06. The molecule has 4 aromatic rings. The minimum absolute atomic E-state index is 0.00996. The van der Waals surface area contributed by atoms with E-state index in [1.54, 1.807) is 0 Å². The number of piperazine rings is 1. The molecule has 2 aliphatic heterocycles. The standard InChI is InChI=1S/C21H16F2N6O3/c22-12-1-2-13-18(25-8-24-13)15(12)11-5-14-16-19(17(11)23)26-9-27-20(16)29-4-3-28(21(30)31)6-10(29)7-32-14/h1-2,5,8-10H,3-4,6-7H2,(H,24,25)(H,30,31)/t10-/m0/s1. The summed E-state index contributed by atoms with van der Waals surface area (Å²) in [6.07, 6.45) is 1.67. The Balaban J connectivity index is 1.56. The van der Waals surface area contributed by atoms with Crippen LogP contribution in [0.4, 0.5) is 19.4 Å². The van der Waals surface area contributed by atoms with Gasteiger partial charge in [-0.1, -0.05) is 0 Å². The van der Waals surface area contributed by atoms with Crippen molar-refractivity contribution in [1.29, 1.82) is 0 Å². The number of ether oxygens (including phenoxy) is 1. The molecule has 2 aliphatic rings. The molecule has 1 saturated heterocycles. The third-order valence-electron chi connectivity index (χ3n) is 6.06. The second-order valence-electron chi connectivity index (χ2n) is 7.77. The first-order valence-corrected chi connectivity index (χ1v) is 9.99. The van der Waals surface area contributed by atoms with Crippen molar-refractivity contribution in [2.24, 2.45) is 0 Å². The highest BCUT2D eigenvalue weighted by molar-refractivity contribution is 6.01.